The van der Waals surface area contributed by atoms with Gasteiger partial charge in [0.2, 0.25) is 0 Å². The van der Waals surface area contributed by atoms with Crippen molar-refractivity contribution in [1.29, 1.82) is 0 Å². The largest absolute Gasteiger partial charge is 0.497 e. The second-order valence-corrected chi connectivity index (χ2v) is 5.58. The molecule has 1 aliphatic carbocycles. The number of aliphatic hydroxyl groups is 1. The molecule has 1 aromatic carbocycles. The van der Waals surface area contributed by atoms with E-state index in [0.29, 0.717) is 6.54 Å². The van der Waals surface area contributed by atoms with Crippen molar-refractivity contribution in [3.8, 4) is 5.75 Å². The van der Waals surface area contributed by atoms with Gasteiger partial charge in [-0.05, 0) is 62.2 Å². The number of hydrogen-bond acceptors (Lipinski definition) is 3. The van der Waals surface area contributed by atoms with Gasteiger partial charge in [-0.3, -0.25) is 0 Å². The summed E-state index contributed by atoms with van der Waals surface area (Å²) in [5, 5.41) is 11.0. The second kappa shape index (κ2) is 5.35. The highest BCUT2D eigenvalue weighted by atomic mass is 16.5. The van der Waals surface area contributed by atoms with E-state index >= 15 is 0 Å². The Morgan fingerprint density at radius 1 is 1.47 bits per heavy atom. The summed E-state index contributed by atoms with van der Waals surface area (Å²) >= 11 is 0. The molecular weight excluding hydrogens is 238 g/mol. The molecule has 0 amide bonds. The molecule has 3 heteroatoms. The van der Waals surface area contributed by atoms with Crippen LogP contribution in [0.15, 0.2) is 30.4 Å². The van der Waals surface area contributed by atoms with Crippen LogP contribution in [0.4, 0.5) is 0 Å². The van der Waals surface area contributed by atoms with Gasteiger partial charge in [0.25, 0.3) is 0 Å². The van der Waals surface area contributed by atoms with Crippen molar-refractivity contribution in [3.63, 3.8) is 0 Å². The van der Waals surface area contributed by atoms with Crippen LogP contribution in [-0.4, -0.2) is 37.8 Å². The third-order valence-electron chi connectivity index (χ3n) is 3.83. The Balaban J connectivity index is 2.38. The molecule has 1 aliphatic rings. The van der Waals surface area contributed by atoms with Crippen LogP contribution in [-0.2, 0) is 12.0 Å². The number of aryl methyl sites for hydroxylation is 1. The molecule has 0 bridgehead atoms. The molecule has 1 aromatic rings. The van der Waals surface area contributed by atoms with E-state index in [0.717, 1.165) is 36.1 Å². The maximum Gasteiger partial charge on any atom is 0.119 e. The van der Waals surface area contributed by atoms with Crippen LogP contribution in [0.25, 0.3) is 0 Å². The quantitative estimate of drug-likeness (QED) is 0.844. The molecule has 3 nitrogen and oxygen atoms in total. The third kappa shape index (κ3) is 2.67. The van der Waals surface area contributed by atoms with E-state index in [-0.39, 0.29) is 0 Å². The number of hydrogen-bond donors (Lipinski definition) is 1. The van der Waals surface area contributed by atoms with E-state index in [1.54, 1.807) is 7.11 Å². The fourth-order valence-corrected chi connectivity index (χ4v) is 2.86. The van der Waals surface area contributed by atoms with E-state index in [1.165, 1.54) is 5.56 Å². The van der Waals surface area contributed by atoms with Crippen LogP contribution >= 0.6 is 0 Å². The topological polar surface area (TPSA) is 32.7 Å². The summed E-state index contributed by atoms with van der Waals surface area (Å²) in [4.78, 5) is 2.04. The van der Waals surface area contributed by atoms with Crippen LogP contribution in [0, 0.1) is 0 Å². The summed E-state index contributed by atoms with van der Waals surface area (Å²) in [6.45, 7) is 4.81. The zero-order valence-electron chi connectivity index (χ0n) is 12.1. The molecule has 1 unspecified atom stereocenters. The highest BCUT2D eigenvalue weighted by molar-refractivity contribution is 5.44. The monoisotopic (exact) mass is 261 g/mol. The Labute approximate surface area is 115 Å². The van der Waals surface area contributed by atoms with Gasteiger partial charge in [0, 0.05) is 6.54 Å². The summed E-state index contributed by atoms with van der Waals surface area (Å²) in [5.74, 6) is 0.848. The molecule has 0 radical (unpaired) electrons. The van der Waals surface area contributed by atoms with Crippen LogP contribution in [0.3, 0.4) is 0 Å². The average Bonchev–Trinajstić information content (AvgIpc) is 2.37. The zero-order chi connectivity index (χ0) is 14.0. The SMILES string of the molecule is C=C(CN(C)C)C1(O)CCCc2cc(OC)ccc21. The molecule has 104 valence electrons. The minimum Gasteiger partial charge on any atom is -0.497 e. The highest BCUT2D eigenvalue weighted by Gasteiger charge is 2.36. The van der Waals surface area contributed by atoms with Crippen molar-refractivity contribution < 1.29 is 9.84 Å². The number of methoxy groups -OCH3 is 1. The molecule has 0 aromatic heterocycles. The van der Waals surface area contributed by atoms with E-state index < -0.39 is 5.60 Å². The van der Waals surface area contributed by atoms with E-state index in [9.17, 15) is 5.11 Å². The normalized spacial score (nSPS) is 22.2. The molecule has 1 N–H and O–H groups in total. The second-order valence-electron chi connectivity index (χ2n) is 5.58. The molecule has 1 atom stereocenters. The number of rotatable bonds is 4. The minimum absolute atomic E-state index is 0.696. The predicted octanol–water partition coefficient (Wildman–Crippen LogP) is 2.34. The van der Waals surface area contributed by atoms with Gasteiger partial charge in [0.15, 0.2) is 0 Å². The maximum absolute atomic E-state index is 11.0. The Morgan fingerprint density at radius 3 is 2.84 bits per heavy atom. The Morgan fingerprint density at radius 2 is 2.21 bits per heavy atom. The Kier molecular flexibility index (Phi) is 3.97. The lowest BCUT2D eigenvalue weighted by atomic mass is 9.75. The van der Waals surface area contributed by atoms with Gasteiger partial charge in [0.1, 0.15) is 11.4 Å². The minimum atomic E-state index is -0.899. The molecule has 0 saturated carbocycles. The maximum atomic E-state index is 11.0. The predicted molar refractivity (Wildman–Crippen MR) is 77.5 cm³/mol. The van der Waals surface area contributed by atoms with Crippen LogP contribution < -0.4 is 4.74 Å². The van der Waals surface area contributed by atoms with E-state index in [1.807, 2.05) is 37.2 Å². The first-order valence-electron chi connectivity index (χ1n) is 6.70. The van der Waals surface area contributed by atoms with Gasteiger partial charge >= 0.3 is 0 Å². The van der Waals surface area contributed by atoms with Crippen molar-refractivity contribution >= 4 is 0 Å². The first kappa shape index (κ1) is 14.1. The summed E-state index contributed by atoms with van der Waals surface area (Å²) < 4.78 is 5.26. The summed E-state index contributed by atoms with van der Waals surface area (Å²) in [6.07, 6.45) is 2.71. The van der Waals surface area contributed by atoms with Crippen molar-refractivity contribution in [1.82, 2.24) is 4.90 Å². The number of fused-ring (bicyclic) bond motifs is 1. The molecular formula is C16H23NO2. The van der Waals surface area contributed by atoms with Crippen LogP contribution in [0.1, 0.15) is 24.0 Å². The fraction of sp³-hybridized carbons (Fsp3) is 0.500. The molecule has 0 aliphatic heterocycles. The lowest BCUT2D eigenvalue weighted by molar-refractivity contribution is 0.0515. The van der Waals surface area contributed by atoms with Gasteiger partial charge in [-0.15, -0.1) is 0 Å². The van der Waals surface area contributed by atoms with Crippen LogP contribution in [0.2, 0.25) is 0 Å². The fourth-order valence-electron chi connectivity index (χ4n) is 2.86. The molecule has 0 fully saturated rings. The molecule has 2 rings (SSSR count). The smallest absolute Gasteiger partial charge is 0.119 e. The van der Waals surface area contributed by atoms with E-state index in [2.05, 4.69) is 6.58 Å². The molecule has 19 heavy (non-hydrogen) atoms. The van der Waals surface area contributed by atoms with Gasteiger partial charge < -0.3 is 14.7 Å². The Hall–Kier alpha value is -1.32. The molecule has 0 heterocycles. The van der Waals surface area contributed by atoms with Gasteiger partial charge in [-0.25, -0.2) is 0 Å². The Bertz CT molecular complexity index is 482. The van der Waals surface area contributed by atoms with E-state index in [4.69, 9.17) is 4.74 Å². The summed E-state index contributed by atoms with van der Waals surface area (Å²) in [7, 11) is 5.65. The summed E-state index contributed by atoms with van der Waals surface area (Å²) in [5.41, 5.74) is 2.13. The first-order chi connectivity index (χ1) is 8.97. The highest BCUT2D eigenvalue weighted by Crippen LogP contribution is 2.41. The van der Waals surface area contributed by atoms with Crippen molar-refractivity contribution in [3.05, 3.63) is 41.5 Å². The van der Waals surface area contributed by atoms with Gasteiger partial charge in [-0.2, -0.15) is 0 Å². The van der Waals surface area contributed by atoms with Crippen molar-refractivity contribution in [2.24, 2.45) is 0 Å². The zero-order valence-corrected chi connectivity index (χ0v) is 12.1. The number of ether oxygens (including phenoxy) is 1. The van der Waals surface area contributed by atoms with Crippen LogP contribution in [0.5, 0.6) is 5.75 Å². The third-order valence-corrected chi connectivity index (χ3v) is 3.83. The number of benzene rings is 1. The summed E-state index contributed by atoms with van der Waals surface area (Å²) in [6, 6.07) is 5.93. The number of likely N-dealkylation sites (N-methyl/N-ethyl adjacent to an activating group) is 1. The molecule has 0 spiro atoms. The van der Waals surface area contributed by atoms with Crippen molar-refractivity contribution in [2.45, 2.75) is 24.9 Å². The lowest BCUT2D eigenvalue weighted by Gasteiger charge is -2.37. The molecule has 0 saturated heterocycles. The van der Waals surface area contributed by atoms with Crippen molar-refractivity contribution in [2.75, 3.05) is 27.7 Å². The number of nitrogens with zero attached hydrogens (tertiary/aromatic N) is 1. The standard InChI is InChI=1S/C16H23NO2/c1-12(11-17(2)3)16(18)9-5-6-13-10-14(19-4)7-8-15(13)16/h7-8,10,18H,1,5-6,9,11H2,2-4H3. The first-order valence-corrected chi connectivity index (χ1v) is 6.70. The van der Waals surface area contributed by atoms with Gasteiger partial charge in [-0.1, -0.05) is 12.6 Å². The lowest BCUT2D eigenvalue weighted by Crippen LogP contribution is -2.36. The van der Waals surface area contributed by atoms with Gasteiger partial charge in [0.05, 0.1) is 7.11 Å². The average molecular weight is 261 g/mol.